The van der Waals surface area contributed by atoms with Crippen LogP contribution in [0.2, 0.25) is 0 Å². The van der Waals surface area contributed by atoms with E-state index in [0.717, 1.165) is 39.2 Å². The fourth-order valence-corrected chi connectivity index (χ4v) is 8.11. The fraction of sp³-hybridized carbons (Fsp3) is 0. The number of benzene rings is 8. The lowest BCUT2D eigenvalue weighted by Gasteiger charge is -2.13. The van der Waals surface area contributed by atoms with Crippen molar-refractivity contribution in [2.45, 2.75) is 0 Å². The Morgan fingerprint density at radius 2 is 0.959 bits per heavy atom. The smallest absolute Gasteiger partial charge is 0.0973 e. The van der Waals surface area contributed by atoms with E-state index in [9.17, 15) is 0 Å². The van der Waals surface area contributed by atoms with Crippen molar-refractivity contribution in [3.63, 3.8) is 0 Å². The van der Waals surface area contributed by atoms with Gasteiger partial charge in [-0.25, -0.2) is 9.97 Å². The SMILES string of the molecule is c1ccc(-c2nc3ccccc3nc2-c2ccc(-n3c4cc5ccccc5cc4c4c5cccc6c5c(cc43)-c3ccccc3-6)cc2)cc1. The summed E-state index contributed by atoms with van der Waals surface area (Å²) in [6, 6.07) is 58.8. The number of aromatic nitrogens is 3. The van der Waals surface area contributed by atoms with E-state index in [1.165, 1.54) is 65.6 Å². The van der Waals surface area contributed by atoms with Crippen LogP contribution >= 0.6 is 0 Å². The van der Waals surface area contributed by atoms with Crippen molar-refractivity contribution < 1.29 is 0 Å². The summed E-state index contributed by atoms with van der Waals surface area (Å²) in [5, 5.41) is 7.70. The highest BCUT2D eigenvalue weighted by molar-refractivity contribution is 6.30. The third kappa shape index (κ3) is 3.78. The second-order valence-corrected chi connectivity index (χ2v) is 13.0. The summed E-state index contributed by atoms with van der Waals surface area (Å²) in [4.78, 5) is 10.3. The molecule has 0 aliphatic heterocycles. The minimum absolute atomic E-state index is 0.882. The molecule has 0 atom stereocenters. The van der Waals surface area contributed by atoms with Crippen molar-refractivity contribution in [2.24, 2.45) is 0 Å². The van der Waals surface area contributed by atoms with Crippen LogP contribution in [0.1, 0.15) is 0 Å². The molecular formula is C46H27N3. The lowest BCUT2D eigenvalue weighted by molar-refractivity contribution is 1.18. The second-order valence-electron chi connectivity index (χ2n) is 13.0. The largest absolute Gasteiger partial charge is 0.309 e. The number of rotatable bonds is 3. The van der Waals surface area contributed by atoms with Crippen LogP contribution in [0.3, 0.4) is 0 Å². The maximum atomic E-state index is 5.16. The summed E-state index contributed by atoms with van der Waals surface area (Å²) in [6.07, 6.45) is 0. The highest BCUT2D eigenvalue weighted by atomic mass is 15.0. The van der Waals surface area contributed by atoms with Gasteiger partial charge in [0.15, 0.2) is 0 Å². The van der Waals surface area contributed by atoms with Gasteiger partial charge in [0.2, 0.25) is 0 Å². The van der Waals surface area contributed by atoms with E-state index in [1.807, 2.05) is 30.3 Å². The first kappa shape index (κ1) is 26.5. The number of fused-ring (bicyclic) bond motifs is 9. The average molecular weight is 622 g/mol. The molecule has 10 aromatic rings. The zero-order valence-corrected chi connectivity index (χ0v) is 26.4. The van der Waals surface area contributed by atoms with E-state index in [4.69, 9.17) is 9.97 Å². The highest BCUT2D eigenvalue weighted by Gasteiger charge is 2.25. The molecule has 0 amide bonds. The molecule has 0 N–H and O–H groups in total. The van der Waals surface area contributed by atoms with Crippen LogP contribution in [0, 0.1) is 0 Å². The summed E-state index contributed by atoms with van der Waals surface area (Å²) in [5.41, 5.74) is 14.4. The lowest BCUT2D eigenvalue weighted by atomic mass is 9.97. The van der Waals surface area contributed by atoms with Gasteiger partial charge < -0.3 is 4.57 Å². The summed E-state index contributed by atoms with van der Waals surface area (Å²) < 4.78 is 2.45. The summed E-state index contributed by atoms with van der Waals surface area (Å²) in [6.45, 7) is 0. The van der Waals surface area contributed by atoms with Gasteiger partial charge >= 0.3 is 0 Å². The summed E-state index contributed by atoms with van der Waals surface area (Å²) >= 11 is 0. The molecule has 2 aromatic heterocycles. The molecule has 49 heavy (non-hydrogen) atoms. The van der Waals surface area contributed by atoms with Gasteiger partial charge in [-0.2, -0.15) is 0 Å². The standard InChI is InChI=1S/C46H27N3/c1-2-11-28(12-3-1)45-46(48-40-20-9-8-19-39(40)47-45)29-21-23-32(24-22-29)49-41-26-31-14-5-4-13-30(31)25-38(41)44-36-18-10-17-35-33-15-6-7-16-34(33)37(43(35)36)27-42(44)49/h1-27H. The monoisotopic (exact) mass is 621 g/mol. The number of hydrogen-bond acceptors (Lipinski definition) is 2. The van der Waals surface area contributed by atoms with E-state index >= 15 is 0 Å². The molecule has 226 valence electrons. The molecule has 0 saturated heterocycles. The first-order valence-electron chi connectivity index (χ1n) is 16.8. The third-order valence-corrected chi connectivity index (χ3v) is 10.3. The van der Waals surface area contributed by atoms with Gasteiger partial charge in [-0.1, -0.05) is 121 Å². The van der Waals surface area contributed by atoms with Gasteiger partial charge in [0.1, 0.15) is 0 Å². The molecule has 3 nitrogen and oxygen atoms in total. The Hall–Kier alpha value is -6.58. The molecule has 0 fully saturated rings. The molecular weight excluding hydrogens is 595 g/mol. The van der Waals surface area contributed by atoms with E-state index < -0.39 is 0 Å². The van der Waals surface area contributed by atoms with E-state index in [1.54, 1.807) is 0 Å². The molecule has 0 spiro atoms. The molecule has 0 radical (unpaired) electrons. The summed E-state index contributed by atoms with van der Waals surface area (Å²) in [5.74, 6) is 0. The van der Waals surface area contributed by atoms with Crippen molar-refractivity contribution >= 4 is 54.4 Å². The minimum atomic E-state index is 0.882. The molecule has 3 heteroatoms. The van der Waals surface area contributed by atoms with Gasteiger partial charge in [-0.15, -0.1) is 0 Å². The third-order valence-electron chi connectivity index (χ3n) is 10.3. The number of hydrogen-bond donors (Lipinski definition) is 0. The molecule has 1 aliphatic rings. The fourth-order valence-electron chi connectivity index (χ4n) is 8.11. The molecule has 2 heterocycles. The van der Waals surface area contributed by atoms with Crippen molar-refractivity contribution in [3.05, 3.63) is 164 Å². The van der Waals surface area contributed by atoms with E-state index in [0.29, 0.717) is 0 Å². The van der Waals surface area contributed by atoms with Crippen LogP contribution in [0.5, 0.6) is 0 Å². The van der Waals surface area contributed by atoms with Gasteiger partial charge in [0, 0.05) is 27.6 Å². The van der Waals surface area contributed by atoms with Crippen LogP contribution in [0.4, 0.5) is 0 Å². The Morgan fingerprint density at radius 3 is 1.69 bits per heavy atom. The van der Waals surface area contributed by atoms with Gasteiger partial charge in [-0.05, 0) is 86.3 Å². The maximum Gasteiger partial charge on any atom is 0.0973 e. The highest BCUT2D eigenvalue weighted by Crippen LogP contribution is 2.51. The van der Waals surface area contributed by atoms with Crippen LogP contribution in [0.25, 0.3) is 105 Å². The van der Waals surface area contributed by atoms with Crippen LogP contribution in [-0.4, -0.2) is 14.5 Å². The number of para-hydroxylation sites is 2. The zero-order valence-electron chi connectivity index (χ0n) is 26.4. The Bertz CT molecular complexity index is 2970. The van der Waals surface area contributed by atoms with Crippen LogP contribution in [0.15, 0.2) is 164 Å². The topological polar surface area (TPSA) is 30.7 Å². The quantitative estimate of drug-likeness (QED) is 0.196. The van der Waals surface area contributed by atoms with Crippen molar-refractivity contribution in [3.8, 4) is 50.5 Å². The Morgan fingerprint density at radius 1 is 0.367 bits per heavy atom. The molecule has 8 aromatic carbocycles. The first-order chi connectivity index (χ1) is 24.3. The zero-order chi connectivity index (χ0) is 32.1. The van der Waals surface area contributed by atoms with E-state index in [-0.39, 0.29) is 0 Å². The molecule has 0 unspecified atom stereocenters. The van der Waals surface area contributed by atoms with E-state index in [2.05, 4.69) is 138 Å². The Kier molecular flexibility index (Phi) is 5.38. The maximum absolute atomic E-state index is 5.16. The predicted octanol–water partition coefficient (Wildman–Crippen LogP) is 12.0. The van der Waals surface area contributed by atoms with Gasteiger partial charge in [-0.3, -0.25) is 0 Å². The van der Waals surface area contributed by atoms with Crippen LogP contribution in [-0.2, 0) is 0 Å². The summed E-state index contributed by atoms with van der Waals surface area (Å²) in [7, 11) is 0. The minimum Gasteiger partial charge on any atom is -0.309 e. The average Bonchev–Trinajstić information content (AvgIpc) is 3.67. The number of nitrogens with zero attached hydrogens (tertiary/aromatic N) is 3. The molecule has 0 saturated carbocycles. The van der Waals surface area contributed by atoms with Gasteiger partial charge in [0.25, 0.3) is 0 Å². The predicted molar refractivity (Wildman–Crippen MR) is 204 cm³/mol. The van der Waals surface area contributed by atoms with Crippen molar-refractivity contribution in [2.75, 3.05) is 0 Å². The Balaban J connectivity index is 1.19. The second kappa shape index (κ2) is 9.96. The van der Waals surface area contributed by atoms with Gasteiger partial charge in [0.05, 0.1) is 33.5 Å². The normalized spacial score (nSPS) is 12.1. The van der Waals surface area contributed by atoms with Crippen molar-refractivity contribution in [1.29, 1.82) is 0 Å². The lowest BCUT2D eigenvalue weighted by Crippen LogP contribution is -1.97. The first-order valence-corrected chi connectivity index (χ1v) is 16.8. The van der Waals surface area contributed by atoms with Crippen molar-refractivity contribution in [1.82, 2.24) is 14.5 Å². The molecule has 11 rings (SSSR count). The molecule has 1 aliphatic carbocycles. The van der Waals surface area contributed by atoms with Crippen LogP contribution < -0.4 is 0 Å². The molecule has 0 bridgehead atoms. The Labute approximate surface area is 282 Å².